The third kappa shape index (κ3) is 4.25. The van der Waals surface area contributed by atoms with Gasteiger partial charge < -0.3 is 9.64 Å². The second kappa shape index (κ2) is 9.36. The highest BCUT2D eigenvalue weighted by Gasteiger charge is 2.32. The van der Waals surface area contributed by atoms with Gasteiger partial charge in [0, 0.05) is 39.1 Å². The number of nitrogens with zero attached hydrogens (tertiary/aromatic N) is 4. The van der Waals surface area contributed by atoms with Gasteiger partial charge in [0.1, 0.15) is 16.4 Å². The molecule has 5 rings (SSSR count). The highest BCUT2D eigenvalue weighted by Crippen LogP contribution is 2.30. The molecule has 1 saturated heterocycles. The highest BCUT2D eigenvalue weighted by molar-refractivity contribution is 7.89. The van der Waals surface area contributed by atoms with Crippen LogP contribution in [-0.2, 0) is 23.0 Å². The summed E-state index contributed by atoms with van der Waals surface area (Å²) in [4.78, 5) is 34.3. The van der Waals surface area contributed by atoms with Crippen LogP contribution < -0.4 is 10.3 Å². The molecule has 2 aromatic heterocycles. The number of hydrogen-bond donors (Lipinski definition) is 0. The number of rotatable bonds is 4. The van der Waals surface area contributed by atoms with Crippen molar-refractivity contribution in [1.29, 1.82) is 0 Å². The van der Waals surface area contributed by atoms with Gasteiger partial charge in [-0.25, -0.2) is 13.4 Å². The summed E-state index contributed by atoms with van der Waals surface area (Å²) >= 11 is 1.27. The van der Waals surface area contributed by atoms with Gasteiger partial charge in [0.2, 0.25) is 10.0 Å². The minimum atomic E-state index is -3.66. The summed E-state index contributed by atoms with van der Waals surface area (Å²) in [5.41, 5.74) is 0.607. The Morgan fingerprint density at radius 3 is 2.43 bits per heavy atom. The number of amides is 1. The number of carbonyl (C=O) groups is 1. The van der Waals surface area contributed by atoms with Crippen molar-refractivity contribution in [2.45, 2.75) is 44.0 Å². The summed E-state index contributed by atoms with van der Waals surface area (Å²) in [6, 6.07) is 6.29. The number of ether oxygens (including phenoxy) is 1. The SMILES string of the molecule is COc1ccc(S(=O)(=O)N2CCN(C(=O)c3sc4nc5n(c(=O)c4c3C)CCCCC5)CC2)cc1. The third-order valence-electron chi connectivity index (χ3n) is 6.83. The van der Waals surface area contributed by atoms with Crippen LogP contribution in [0.4, 0.5) is 0 Å². The fraction of sp³-hybridized carbons (Fsp3) is 0.458. The highest BCUT2D eigenvalue weighted by atomic mass is 32.2. The van der Waals surface area contributed by atoms with Crippen LogP contribution in [0, 0.1) is 6.92 Å². The quantitative estimate of drug-likeness (QED) is 0.528. The van der Waals surface area contributed by atoms with Crippen LogP contribution in [0.15, 0.2) is 34.0 Å². The van der Waals surface area contributed by atoms with E-state index >= 15 is 0 Å². The first kappa shape index (κ1) is 24.0. The molecule has 2 aliphatic heterocycles. The molecule has 1 amide bonds. The molecule has 1 fully saturated rings. The Morgan fingerprint density at radius 1 is 1.03 bits per heavy atom. The lowest BCUT2D eigenvalue weighted by molar-refractivity contribution is 0.0702. The molecule has 0 saturated carbocycles. The molecule has 3 aromatic rings. The average molecular weight is 517 g/mol. The van der Waals surface area contributed by atoms with Crippen LogP contribution in [0.2, 0.25) is 0 Å². The predicted octanol–water partition coefficient (Wildman–Crippen LogP) is 2.65. The van der Waals surface area contributed by atoms with Crippen LogP contribution in [0.25, 0.3) is 10.2 Å². The summed E-state index contributed by atoms with van der Waals surface area (Å²) in [5.74, 6) is 1.22. The number of sulfonamides is 1. The van der Waals surface area contributed by atoms with Crippen LogP contribution in [0.3, 0.4) is 0 Å². The summed E-state index contributed by atoms with van der Waals surface area (Å²) in [5, 5.41) is 0.532. The first-order valence-corrected chi connectivity index (χ1v) is 14.0. The molecule has 0 radical (unpaired) electrons. The van der Waals surface area contributed by atoms with E-state index in [2.05, 4.69) is 0 Å². The van der Waals surface area contributed by atoms with Gasteiger partial charge in [-0.05, 0) is 49.6 Å². The lowest BCUT2D eigenvalue weighted by Crippen LogP contribution is -2.50. The number of fused-ring (bicyclic) bond motifs is 2. The van der Waals surface area contributed by atoms with E-state index in [1.807, 2.05) is 6.92 Å². The van der Waals surface area contributed by atoms with Crippen molar-refractivity contribution in [3.05, 3.63) is 50.9 Å². The second-order valence-electron chi connectivity index (χ2n) is 8.90. The number of hydrogen-bond acceptors (Lipinski definition) is 7. The zero-order chi connectivity index (χ0) is 24.7. The van der Waals surface area contributed by atoms with Crippen molar-refractivity contribution in [2.24, 2.45) is 0 Å². The van der Waals surface area contributed by atoms with Gasteiger partial charge in [0.15, 0.2) is 0 Å². The fourth-order valence-electron chi connectivity index (χ4n) is 4.79. The van der Waals surface area contributed by atoms with Crippen molar-refractivity contribution in [1.82, 2.24) is 18.8 Å². The average Bonchev–Trinajstić information content (AvgIpc) is 3.03. The fourth-order valence-corrected chi connectivity index (χ4v) is 7.37. The third-order valence-corrected chi connectivity index (χ3v) is 9.92. The Hall–Kier alpha value is -2.76. The number of carbonyl (C=O) groups excluding carboxylic acids is 1. The van der Waals surface area contributed by atoms with Crippen LogP contribution >= 0.6 is 11.3 Å². The Kier molecular flexibility index (Phi) is 6.41. The molecule has 1 aromatic carbocycles. The first-order valence-electron chi connectivity index (χ1n) is 11.8. The van der Waals surface area contributed by atoms with Crippen molar-refractivity contribution in [2.75, 3.05) is 33.3 Å². The minimum Gasteiger partial charge on any atom is -0.497 e. The first-order chi connectivity index (χ1) is 16.8. The molecule has 4 heterocycles. The van der Waals surface area contributed by atoms with Crippen molar-refractivity contribution < 1.29 is 17.9 Å². The molecule has 35 heavy (non-hydrogen) atoms. The monoisotopic (exact) mass is 516 g/mol. The maximum absolute atomic E-state index is 13.4. The standard InChI is InChI=1S/C24H28N4O5S2/c1-16-20-22(25-19-6-4-3-5-11-28(19)23(20)29)34-21(16)24(30)26-12-14-27(15-13-26)35(31,32)18-9-7-17(33-2)8-10-18/h7-10H,3-6,11-15H2,1-2H3. The molecule has 186 valence electrons. The van der Waals surface area contributed by atoms with E-state index in [9.17, 15) is 18.0 Å². The molecule has 0 N–H and O–H groups in total. The van der Waals surface area contributed by atoms with Crippen molar-refractivity contribution in [3.63, 3.8) is 0 Å². The molecule has 11 heteroatoms. The van der Waals surface area contributed by atoms with Gasteiger partial charge in [0.25, 0.3) is 11.5 Å². The molecule has 9 nitrogen and oxygen atoms in total. The van der Waals surface area contributed by atoms with E-state index in [4.69, 9.17) is 9.72 Å². The van der Waals surface area contributed by atoms with Crippen molar-refractivity contribution >= 4 is 37.5 Å². The molecular formula is C24H28N4O5S2. The molecule has 2 aliphatic rings. The molecule has 0 bridgehead atoms. The van der Waals surface area contributed by atoms with Crippen LogP contribution in [0.5, 0.6) is 5.75 Å². The van der Waals surface area contributed by atoms with E-state index in [-0.39, 0.29) is 42.5 Å². The summed E-state index contributed by atoms with van der Waals surface area (Å²) in [6.45, 7) is 3.46. The maximum atomic E-state index is 13.4. The van der Waals surface area contributed by atoms with Gasteiger partial charge >= 0.3 is 0 Å². The Labute approximate surface area is 208 Å². The summed E-state index contributed by atoms with van der Waals surface area (Å²) < 4.78 is 34.3. The summed E-state index contributed by atoms with van der Waals surface area (Å²) in [6.07, 6.45) is 3.83. The van der Waals surface area contributed by atoms with Crippen LogP contribution in [-0.4, -0.2) is 66.4 Å². The van der Waals surface area contributed by atoms with Crippen LogP contribution in [0.1, 0.15) is 40.3 Å². The lowest BCUT2D eigenvalue weighted by atomic mass is 10.2. The number of benzene rings is 1. The molecule has 0 aliphatic carbocycles. The number of methoxy groups -OCH3 is 1. The normalized spacial score (nSPS) is 17.3. The Balaban J connectivity index is 1.35. The van der Waals surface area contributed by atoms with E-state index in [1.54, 1.807) is 21.6 Å². The Bertz CT molecular complexity index is 1440. The Morgan fingerprint density at radius 2 is 1.74 bits per heavy atom. The number of piperazine rings is 1. The van der Waals surface area contributed by atoms with E-state index in [0.29, 0.717) is 33.0 Å². The zero-order valence-corrected chi connectivity index (χ0v) is 21.5. The zero-order valence-electron chi connectivity index (χ0n) is 19.8. The maximum Gasteiger partial charge on any atom is 0.264 e. The smallest absolute Gasteiger partial charge is 0.264 e. The van der Waals surface area contributed by atoms with Gasteiger partial charge in [0.05, 0.1) is 22.3 Å². The molecule has 0 atom stereocenters. The predicted molar refractivity (Wildman–Crippen MR) is 134 cm³/mol. The number of thiophene rings is 1. The molecule has 0 spiro atoms. The van der Waals surface area contributed by atoms with E-state index in [0.717, 1.165) is 31.5 Å². The van der Waals surface area contributed by atoms with Crippen molar-refractivity contribution in [3.8, 4) is 5.75 Å². The molecule has 0 unspecified atom stereocenters. The van der Waals surface area contributed by atoms with Gasteiger partial charge in [-0.15, -0.1) is 11.3 Å². The van der Waals surface area contributed by atoms with Gasteiger partial charge in [-0.2, -0.15) is 4.31 Å². The second-order valence-corrected chi connectivity index (χ2v) is 11.8. The molecular weight excluding hydrogens is 488 g/mol. The van der Waals surface area contributed by atoms with E-state index in [1.165, 1.54) is 34.9 Å². The topological polar surface area (TPSA) is 102 Å². The van der Waals surface area contributed by atoms with Gasteiger partial charge in [-0.3, -0.25) is 14.2 Å². The minimum absolute atomic E-state index is 0.0601. The lowest BCUT2D eigenvalue weighted by Gasteiger charge is -2.34. The number of aromatic nitrogens is 2. The van der Waals surface area contributed by atoms with Gasteiger partial charge in [-0.1, -0.05) is 6.42 Å². The number of aryl methyl sites for hydroxylation is 2. The summed E-state index contributed by atoms with van der Waals surface area (Å²) in [7, 11) is -2.13. The van der Waals surface area contributed by atoms with E-state index < -0.39 is 10.0 Å². The largest absolute Gasteiger partial charge is 0.497 e.